The topological polar surface area (TPSA) is 73.9 Å². The number of ether oxygens (including phenoxy) is 1. The molecule has 2 N–H and O–H groups in total. The molecule has 2 aromatic rings. The SMILES string of the molecule is Cc1nc(C(F)(F)F)ncc1Oc1ccc(CN)cn1. The summed E-state index contributed by atoms with van der Waals surface area (Å²) in [5, 5.41) is 0. The lowest BCUT2D eigenvalue weighted by Gasteiger charge is -2.09. The quantitative estimate of drug-likeness (QED) is 0.937. The minimum Gasteiger partial charge on any atom is -0.436 e. The highest BCUT2D eigenvalue weighted by Gasteiger charge is 2.35. The Kier molecular flexibility index (Phi) is 3.84. The Hall–Kier alpha value is -2.22. The van der Waals surface area contributed by atoms with Crippen molar-refractivity contribution in [1.29, 1.82) is 0 Å². The van der Waals surface area contributed by atoms with Crippen LogP contribution < -0.4 is 10.5 Å². The van der Waals surface area contributed by atoms with Crippen molar-refractivity contribution < 1.29 is 17.9 Å². The molecule has 106 valence electrons. The fourth-order valence-corrected chi connectivity index (χ4v) is 1.40. The smallest absolute Gasteiger partial charge is 0.436 e. The molecule has 0 fully saturated rings. The van der Waals surface area contributed by atoms with E-state index in [0.29, 0.717) is 6.54 Å². The van der Waals surface area contributed by atoms with Crippen molar-refractivity contribution in [2.24, 2.45) is 5.73 Å². The molecular weight excluding hydrogens is 273 g/mol. The Morgan fingerprint density at radius 1 is 1.20 bits per heavy atom. The molecule has 5 nitrogen and oxygen atoms in total. The maximum Gasteiger partial charge on any atom is 0.451 e. The third-order valence-corrected chi connectivity index (χ3v) is 2.44. The average molecular weight is 284 g/mol. The fraction of sp³-hybridized carbons (Fsp3) is 0.250. The van der Waals surface area contributed by atoms with Gasteiger partial charge in [-0.25, -0.2) is 15.0 Å². The molecule has 0 aliphatic carbocycles. The van der Waals surface area contributed by atoms with Crippen LogP contribution in [-0.4, -0.2) is 15.0 Å². The lowest BCUT2D eigenvalue weighted by Crippen LogP contribution is -2.12. The van der Waals surface area contributed by atoms with Crippen molar-refractivity contribution in [3.8, 4) is 11.6 Å². The monoisotopic (exact) mass is 284 g/mol. The highest BCUT2D eigenvalue weighted by molar-refractivity contribution is 5.29. The van der Waals surface area contributed by atoms with Gasteiger partial charge < -0.3 is 10.5 Å². The van der Waals surface area contributed by atoms with Gasteiger partial charge in [0.15, 0.2) is 5.75 Å². The Morgan fingerprint density at radius 3 is 2.45 bits per heavy atom. The number of hydrogen-bond donors (Lipinski definition) is 1. The molecule has 2 rings (SSSR count). The molecule has 0 radical (unpaired) electrons. The number of nitrogens with zero attached hydrogens (tertiary/aromatic N) is 3. The molecule has 2 heterocycles. The van der Waals surface area contributed by atoms with Gasteiger partial charge in [0.2, 0.25) is 11.7 Å². The number of aromatic nitrogens is 3. The molecule has 20 heavy (non-hydrogen) atoms. The van der Waals surface area contributed by atoms with Gasteiger partial charge in [0.05, 0.1) is 11.9 Å². The van der Waals surface area contributed by atoms with Crippen molar-refractivity contribution in [1.82, 2.24) is 15.0 Å². The van der Waals surface area contributed by atoms with Crippen LogP contribution in [0.2, 0.25) is 0 Å². The molecule has 0 saturated heterocycles. The van der Waals surface area contributed by atoms with E-state index >= 15 is 0 Å². The first kappa shape index (κ1) is 14.2. The summed E-state index contributed by atoms with van der Waals surface area (Å²) in [5.74, 6) is -0.853. The van der Waals surface area contributed by atoms with Crippen LogP contribution in [0.3, 0.4) is 0 Å². The predicted molar refractivity (Wildman–Crippen MR) is 64.0 cm³/mol. The first-order chi connectivity index (χ1) is 9.40. The normalized spacial score (nSPS) is 11.4. The zero-order valence-electron chi connectivity index (χ0n) is 10.5. The van der Waals surface area contributed by atoms with Crippen LogP contribution in [0.1, 0.15) is 17.1 Å². The van der Waals surface area contributed by atoms with Gasteiger partial charge in [-0.05, 0) is 12.5 Å². The molecule has 0 saturated carbocycles. The zero-order valence-corrected chi connectivity index (χ0v) is 10.5. The second-order valence-electron chi connectivity index (χ2n) is 3.95. The third kappa shape index (κ3) is 3.21. The third-order valence-electron chi connectivity index (χ3n) is 2.44. The summed E-state index contributed by atoms with van der Waals surface area (Å²) in [5.41, 5.74) is 6.32. The van der Waals surface area contributed by atoms with Crippen LogP contribution in [0.25, 0.3) is 0 Å². The summed E-state index contributed by atoms with van der Waals surface area (Å²) in [6.45, 7) is 1.75. The van der Waals surface area contributed by atoms with Crippen LogP contribution in [0.5, 0.6) is 11.6 Å². The molecular formula is C12H11F3N4O. The second-order valence-corrected chi connectivity index (χ2v) is 3.95. The van der Waals surface area contributed by atoms with Gasteiger partial charge in [-0.15, -0.1) is 0 Å². The van der Waals surface area contributed by atoms with Crippen LogP contribution in [0, 0.1) is 6.92 Å². The summed E-state index contributed by atoms with van der Waals surface area (Å²) in [6, 6.07) is 3.28. The minimum absolute atomic E-state index is 0.0806. The lowest BCUT2D eigenvalue weighted by atomic mass is 10.3. The molecule has 0 amide bonds. The number of rotatable bonds is 3. The van der Waals surface area contributed by atoms with E-state index in [4.69, 9.17) is 10.5 Å². The van der Waals surface area contributed by atoms with E-state index in [9.17, 15) is 13.2 Å². The maximum atomic E-state index is 12.4. The van der Waals surface area contributed by atoms with Crippen molar-refractivity contribution in [3.05, 3.63) is 41.6 Å². The zero-order chi connectivity index (χ0) is 14.8. The fourth-order valence-electron chi connectivity index (χ4n) is 1.40. The molecule has 2 aromatic heterocycles. The van der Waals surface area contributed by atoms with Crippen molar-refractivity contribution in [2.75, 3.05) is 0 Å². The van der Waals surface area contributed by atoms with E-state index in [-0.39, 0.29) is 17.3 Å². The summed E-state index contributed by atoms with van der Waals surface area (Å²) in [4.78, 5) is 10.6. The van der Waals surface area contributed by atoms with Gasteiger partial charge in [0, 0.05) is 18.8 Å². The Bertz CT molecular complexity index is 599. The van der Waals surface area contributed by atoms with Crippen LogP contribution in [0.4, 0.5) is 13.2 Å². The van der Waals surface area contributed by atoms with Gasteiger partial charge >= 0.3 is 6.18 Å². The molecule has 0 aromatic carbocycles. The van der Waals surface area contributed by atoms with E-state index in [2.05, 4.69) is 15.0 Å². The first-order valence-corrected chi connectivity index (χ1v) is 5.64. The van der Waals surface area contributed by atoms with E-state index in [0.717, 1.165) is 11.8 Å². The van der Waals surface area contributed by atoms with Crippen molar-refractivity contribution in [2.45, 2.75) is 19.6 Å². The lowest BCUT2D eigenvalue weighted by molar-refractivity contribution is -0.145. The number of nitrogens with two attached hydrogens (primary N) is 1. The molecule has 0 atom stereocenters. The van der Waals surface area contributed by atoms with Crippen LogP contribution >= 0.6 is 0 Å². The molecule has 0 aliphatic rings. The van der Waals surface area contributed by atoms with Crippen molar-refractivity contribution in [3.63, 3.8) is 0 Å². The molecule has 0 spiro atoms. The number of hydrogen-bond acceptors (Lipinski definition) is 5. The standard InChI is InChI=1S/C12H11F3N4O/c1-7-9(6-18-11(19-7)12(13,14)15)20-10-3-2-8(4-16)5-17-10/h2-3,5-6H,4,16H2,1H3. The summed E-state index contributed by atoms with van der Waals surface area (Å²) < 4.78 is 42.6. The van der Waals surface area contributed by atoms with E-state index in [1.54, 1.807) is 12.1 Å². The van der Waals surface area contributed by atoms with E-state index in [1.165, 1.54) is 13.1 Å². The second kappa shape index (κ2) is 5.41. The number of pyridine rings is 1. The van der Waals surface area contributed by atoms with E-state index in [1.807, 2.05) is 0 Å². The van der Waals surface area contributed by atoms with Crippen LogP contribution in [-0.2, 0) is 12.7 Å². The van der Waals surface area contributed by atoms with Gasteiger partial charge in [0.25, 0.3) is 0 Å². The maximum absolute atomic E-state index is 12.4. The Morgan fingerprint density at radius 2 is 1.95 bits per heavy atom. The van der Waals surface area contributed by atoms with Crippen LogP contribution in [0.15, 0.2) is 24.5 Å². The highest BCUT2D eigenvalue weighted by atomic mass is 19.4. The first-order valence-electron chi connectivity index (χ1n) is 5.64. The van der Waals surface area contributed by atoms with Gasteiger partial charge in [-0.3, -0.25) is 0 Å². The van der Waals surface area contributed by atoms with E-state index < -0.39 is 12.0 Å². The summed E-state index contributed by atoms with van der Waals surface area (Å²) in [6.07, 6.45) is -2.08. The largest absolute Gasteiger partial charge is 0.451 e. The van der Waals surface area contributed by atoms with Gasteiger partial charge in [0.1, 0.15) is 0 Å². The Balaban J connectivity index is 2.21. The Labute approximate surface area is 112 Å². The predicted octanol–water partition coefficient (Wildman–Crippen LogP) is 2.45. The average Bonchev–Trinajstić information content (AvgIpc) is 2.41. The molecule has 8 heteroatoms. The minimum atomic E-state index is -4.58. The van der Waals surface area contributed by atoms with Crippen molar-refractivity contribution >= 4 is 0 Å². The highest BCUT2D eigenvalue weighted by Crippen LogP contribution is 2.28. The summed E-state index contributed by atoms with van der Waals surface area (Å²) in [7, 11) is 0. The molecule has 0 unspecified atom stereocenters. The molecule has 0 aliphatic heterocycles. The number of alkyl halides is 3. The van der Waals surface area contributed by atoms with Gasteiger partial charge in [-0.1, -0.05) is 6.07 Å². The summed E-state index contributed by atoms with van der Waals surface area (Å²) >= 11 is 0. The number of halogens is 3. The molecule has 0 bridgehead atoms. The van der Waals surface area contributed by atoms with Gasteiger partial charge in [-0.2, -0.15) is 13.2 Å². The number of aryl methyl sites for hydroxylation is 1.